The fourth-order valence-corrected chi connectivity index (χ4v) is 1.26. The lowest BCUT2D eigenvalue weighted by Crippen LogP contribution is -2.06. The highest BCUT2D eigenvalue weighted by atomic mass is 14.9. The van der Waals surface area contributed by atoms with E-state index in [0.29, 0.717) is 5.41 Å². The Labute approximate surface area is 73.1 Å². The lowest BCUT2D eigenvalue weighted by atomic mass is 10.1. The first-order valence-electron chi connectivity index (χ1n) is 4.56. The molecule has 0 radical (unpaired) electrons. The van der Waals surface area contributed by atoms with Crippen molar-refractivity contribution in [1.29, 1.82) is 0 Å². The maximum absolute atomic E-state index is 4.37. The Morgan fingerprint density at radius 2 is 1.92 bits per heavy atom. The van der Waals surface area contributed by atoms with Crippen LogP contribution in [0.5, 0.6) is 0 Å². The highest BCUT2D eigenvalue weighted by molar-refractivity contribution is 5.17. The zero-order valence-electron chi connectivity index (χ0n) is 7.67. The van der Waals surface area contributed by atoms with Crippen molar-refractivity contribution in [2.75, 3.05) is 0 Å². The minimum absolute atomic E-state index is 0.312. The molecule has 1 aromatic rings. The molecule has 1 fully saturated rings. The summed E-state index contributed by atoms with van der Waals surface area (Å²) in [4.78, 5) is 8.74. The maximum Gasteiger partial charge on any atom is 0.134 e. The van der Waals surface area contributed by atoms with Crippen molar-refractivity contribution in [2.24, 2.45) is 0 Å². The van der Waals surface area contributed by atoms with E-state index in [2.05, 4.69) is 23.8 Å². The van der Waals surface area contributed by atoms with Gasteiger partial charge in [-0.05, 0) is 24.8 Å². The van der Waals surface area contributed by atoms with E-state index in [9.17, 15) is 0 Å². The van der Waals surface area contributed by atoms with Gasteiger partial charge in [0.1, 0.15) is 5.82 Å². The second-order valence-electron chi connectivity index (χ2n) is 3.83. The molecule has 1 saturated carbocycles. The number of aromatic nitrogens is 2. The fraction of sp³-hybridized carbons (Fsp3) is 0.600. The van der Waals surface area contributed by atoms with E-state index in [0.717, 1.165) is 12.2 Å². The molecule has 0 aromatic carbocycles. The second kappa shape index (κ2) is 2.54. The molecular formula is C10H14N2. The Hall–Kier alpha value is -0.920. The minimum Gasteiger partial charge on any atom is -0.241 e. The lowest BCUT2D eigenvalue weighted by Gasteiger charge is -2.05. The van der Waals surface area contributed by atoms with Crippen LogP contribution in [-0.2, 0) is 11.8 Å². The van der Waals surface area contributed by atoms with Gasteiger partial charge in [-0.25, -0.2) is 9.97 Å². The van der Waals surface area contributed by atoms with Gasteiger partial charge in [0.05, 0.1) is 0 Å². The summed E-state index contributed by atoms with van der Waals surface area (Å²) in [6.45, 7) is 4.35. The van der Waals surface area contributed by atoms with E-state index >= 15 is 0 Å². The van der Waals surface area contributed by atoms with E-state index in [1.165, 1.54) is 18.4 Å². The molecule has 1 aromatic heterocycles. The molecule has 1 aliphatic rings. The van der Waals surface area contributed by atoms with Crippen LogP contribution in [-0.4, -0.2) is 9.97 Å². The average Bonchev–Trinajstić information content (AvgIpc) is 2.85. The largest absolute Gasteiger partial charge is 0.241 e. The van der Waals surface area contributed by atoms with Gasteiger partial charge < -0.3 is 0 Å². The number of hydrogen-bond donors (Lipinski definition) is 0. The summed E-state index contributed by atoms with van der Waals surface area (Å²) in [6.07, 6.45) is 7.42. The summed E-state index contributed by atoms with van der Waals surface area (Å²) in [5, 5.41) is 0. The quantitative estimate of drug-likeness (QED) is 0.665. The molecular weight excluding hydrogens is 148 g/mol. The second-order valence-corrected chi connectivity index (χ2v) is 3.83. The molecule has 2 rings (SSSR count). The Morgan fingerprint density at radius 1 is 1.33 bits per heavy atom. The normalized spacial score (nSPS) is 19.2. The molecule has 0 unspecified atom stereocenters. The van der Waals surface area contributed by atoms with Gasteiger partial charge in [0.25, 0.3) is 0 Å². The zero-order valence-corrected chi connectivity index (χ0v) is 7.67. The molecule has 0 spiro atoms. The summed E-state index contributed by atoms with van der Waals surface area (Å²) >= 11 is 0. The van der Waals surface area contributed by atoms with Crippen LogP contribution in [0.2, 0.25) is 0 Å². The van der Waals surface area contributed by atoms with Crippen molar-refractivity contribution in [3.8, 4) is 0 Å². The molecule has 2 heteroatoms. The summed E-state index contributed by atoms with van der Waals surface area (Å²) in [6, 6.07) is 0. The van der Waals surface area contributed by atoms with E-state index in [1.54, 1.807) is 0 Å². The van der Waals surface area contributed by atoms with Crippen molar-refractivity contribution in [3.05, 3.63) is 23.8 Å². The topological polar surface area (TPSA) is 25.8 Å². The third-order valence-electron chi connectivity index (χ3n) is 2.65. The van der Waals surface area contributed by atoms with Crippen LogP contribution in [0, 0.1) is 0 Å². The monoisotopic (exact) mass is 162 g/mol. The van der Waals surface area contributed by atoms with E-state index in [-0.39, 0.29) is 0 Å². The molecule has 0 amide bonds. The van der Waals surface area contributed by atoms with Gasteiger partial charge in [0.15, 0.2) is 0 Å². The van der Waals surface area contributed by atoms with Crippen LogP contribution in [0.4, 0.5) is 0 Å². The predicted octanol–water partition coefficient (Wildman–Crippen LogP) is 2.09. The van der Waals surface area contributed by atoms with Gasteiger partial charge in [-0.1, -0.05) is 13.8 Å². The van der Waals surface area contributed by atoms with Crippen molar-refractivity contribution in [1.82, 2.24) is 9.97 Å². The van der Waals surface area contributed by atoms with Gasteiger partial charge in [-0.15, -0.1) is 0 Å². The van der Waals surface area contributed by atoms with Crippen LogP contribution in [0.15, 0.2) is 12.4 Å². The number of hydrogen-bond acceptors (Lipinski definition) is 2. The number of nitrogens with zero attached hydrogens (tertiary/aromatic N) is 2. The molecule has 64 valence electrons. The highest BCUT2D eigenvalue weighted by Gasteiger charge is 2.41. The minimum atomic E-state index is 0.312. The smallest absolute Gasteiger partial charge is 0.134 e. The summed E-state index contributed by atoms with van der Waals surface area (Å²) in [5.74, 6) is 1.03. The summed E-state index contributed by atoms with van der Waals surface area (Å²) in [7, 11) is 0. The molecule has 1 aliphatic carbocycles. The molecule has 1 heterocycles. The van der Waals surface area contributed by atoms with Gasteiger partial charge in [-0.2, -0.15) is 0 Å². The van der Waals surface area contributed by atoms with Crippen molar-refractivity contribution in [2.45, 2.75) is 38.5 Å². The lowest BCUT2D eigenvalue weighted by molar-refractivity contribution is 0.704. The fourth-order valence-electron chi connectivity index (χ4n) is 1.26. The van der Waals surface area contributed by atoms with Gasteiger partial charge in [0, 0.05) is 17.8 Å². The summed E-state index contributed by atoms with van der Waals surface area (Å²) < 4.78 is 0. The molecule has 2 nitrogen and oxygen atoms in total. The molecule has 0 atom stereocenters. The van der Waals surface area contributed by atoms with E-state index in [4.69, 9.17) is 0 Å². The van der Waals surface area contributed by atoms with Crippen LogP contribution in [0.25, 0.3) is 0 Å². The number of aryl methyl sites for hydroxylation is 1. The van der Waals surface area contributed by atoms with Crippen molar-refractivity contribution < 1.29 is 0 Å². The average molecular weight is 162 g/mol. The molecule has 0 saturated heterocycles. The first-order chi connectivity index (χ1) is 5.74. The van der Waals surface area contributed by atoms with Gasteiger partial charge >= 0.3 is 0 Å². The molecule has 0 bridgehead atoms. The summed E-state index contributed by atoms with van der Waals surface area (Å²) in [5.41, 5.74) is 1.54. The Morgan fingerprint density at radius 3 is 2.33 bits per heavy atom. The zero-order chi connectivity index (χ0) is 8.60. The first-order valence-corrected chi connectivity index (χ1v) is 4.56. The first kappa shape index (κ1) is 7.71. The van der Waals surface area contributed by atoms with Crippen LogP contribution >= 0.6 is 0 Å². The van der Waals surface area contributed by atoms with Crippen LogP contribution in [0.1, 0.15) is 38.1 Å². The molecule has 0 aliphatic heterocycles. The Balaban J connectivity index is 2.25. The Kier molecular flexibility index (Phi) is 1.63. The standard InChI is InChI=1S/C10H14N2/c1-3-8-6-11-9(12-7-8)10(2)4-5-10/h6-7H,3-5H2,1-2H3. The Bertz CT molecular complexity index is 272. The maximum atomic E-state index is 4.37. The van der Waals surface area contributed by atoms with Gasteiger partial charge in [-0.3, -0.25) is 0 Å². The van der Waals surface area contributed by atoms with Crippen LogP contribution < -0.4 is 0 Å². The highest BCUT2D eigenvalue weighted by Crippen LogP contribution is 2.45. The molecule has 0 N–H and O–H groups in total. The van der Waals surface area contributed by atoms with Crippen LogP contribution in [0.3, 0.4) is 0 Å². The predicted molar refractivity (Wildman–Crippen MR) is 48.0 cm³/mol. The third kappa shape index (κ3) is 1.22. The third-order valence-corrected chi connectivity index (χ3v) is 2.65. The van der Waals surface area contributed by atoms with Gasteiger partial charge in [0.2, 0.25) is 0 Å². The van der Waals surface area contributed by atoms with E-state index in [1.807, 2.05) is 12.4 Å². The van der Waals surface area contributed by atoms with E-state index < -0.39 is 0 Å². The van der Waals surface area contributed by atoms with Crippen molar-refractivity contribution >= 4 is 0 Å². The number of rotatable bonds is 2. The SMILES string of the molecule is CCc1cnc(C2(C)CC2)nc1. The van der Waals surface area contributed by atoms with Crippen molar-refractivity contribution in [3.63, 3.8) is 0 Å². The molecule has 12 heavy (non-hydrogen) atoms.